The van der Waals surface area contributed by atoms with Crippen LogP contribution in [0.4, 0.5) is 5.69 Å². The van der Waals surface area contributed by atoms with Crippen molar-refractivity contribution < 1.29 is 19.1 Å². The first-order valence-corrected chi connectivity index (χ1v) is 9.06. The van der Waals surface area contributed by atoms with E-state index in [4.69, 9.17) is 4.74 Å². The largest absolute Gasteiger partial charge is 0.497 e. The van der Waals surface area contributed by atoms with Gasteiger partial charge in [-0.15, -0.1) is 0 Å². The highest BCUT2D eigenvalue weighted by Crippen LogP contribution is 2.36. The number of carbonyl (C=O) groups excluding carboxylic acids is 3. The van der Waals surface area contributed by atoms with Crippen LogP contribution in [0, 0.1) is 0 Å². The lowest BCUT2D eigenvalue weighted by Gasteiger charge is -2.22. The molecule has 0 saturated heterocycles. The van der Waals surface area contributed by atoms with E-state index >= 15 is 0 Å². The van der Waals surface area contributed by atoms with Crippen molar-refractivity contribution in [2.75, 3.05) is 12.0 Å². The molecular weight excluding hydrogens is 358 g/mol. The van der Waals surface area contributed by atoms with Crippen LogP contribution in [0.15, 0.2) is 48.5 Å². The fraction of sp³-hybridized carbons (Fsp3) is 0.286. The molecule has 3 rings (SSSR count). The number of para-hydroxylation sites is 1. The van der Waals surface area contributed by atoms with Gasteiger partial charge in [0.25, 0.3) is 5.91 Å². The van der Waals surface area contributed by atoms with Crippen LogP contribution in [0.25, 0.3) is 0 Å². The lowest BCUT2D eigenvalue weighted by Crippen LogP contribution is -2.45. The van der Waals surface area contributed by atoms with Crippen molar-refractivity contribution >= 4 is 23.4 Å². The predicted molar refractivity (Wildman–Crippen MR) is 105 cm³/mol. The molecule has 146 valence electrons. The molecule has 1 aliphatic heterocycles. The van der Waals surface area contributed by atoms with Gasteiger partial charge in [-0.05, 0) is 37.6 Å². The SMILES string of the molecule is COc1ccc(CNC(=O)C(=O)N[C@@H]2C(=O)N(C(C)C)c3ccccc32)cc1. The highest BCUT2D eigenvalue weighted by Gasteiger charge is 2.39. The number of hydrogen-bond donors (Lipinski definition) is 2. The number of ether oxygens (including phenoxy) is 1. The molecule has 2 N–H and O–H groups in total. The Balaban J connectivity index is 1.65. The molecule has 3 amide bonds. The van der Waals surface area contributed by atoms with Gasteiger partial charge in [0.1, 0.15) is 11.8 Å². The summed E-state index contributed by atoms with van der Waals surface area (Å²) in [6, 6.07) is 13.5. The van der Waals surface area contributed by atoms with E-state index < -0.39 is 17.9 Å². The highest BCUT2D eigenvalue weighted by molar-refractivity contribution is 6.35. The van der Waals surface area contributed by atoms with Gasteiger partial charge in [-0.2, -0.15) is 0 Å². The maximum Gasteiger partial charge on any atom is 0.310 e. The number of rotatable bonds is 5. The molecule has 7 heteroatoms. The number of hydrogen-bond acceptors (Lipinski definition) is 4. The standard InChI is InChI=1S/C21H23N3O4/c1-13(2)24-17-7-5-4-6-16(17)18(21(24)27)23-20(26)19(25)22-12-14-8-10-15(28-3)11-9-14/h4-11,13,18H,12H2,1-3H3,(H,22,25)(H,23,26)/t18-/m0/s1. The van der Waals surface area contributed by atoms with E-state index in [2.05, 4.69) is 10.6 Å². The second kappa shape index (κ2) is 8.12. The van der Waals surface area contributed by atoms with Crippen molar-refractivity contribution in [3.63, 3.8) is 0 Å². The number of benzene rings is 2. The molecule has 2 aromatic rings. The first-order chi connectivity index (χ1) is 13.4. The van der Waals surface area contributed by atoms with Crippen molar-refractivity contribution in [2.24, 2.45) is 0 Å². The van der Waals surface area contributed by atoms with E-state index in [-0.39, 0.29) is 18.5 Å². The van der Waals surface area contributed by atoms with Crippen LogP contribution in [0.3, 0.4) is 0 Å². The van der Waals surface area contributed by atoms with Crippen molar-refractivity contribution in [2.45, 2.75) is 32.5 Å². The molecule has 0 radical (unpaired) electrons. The van der Waals surface area contributed by atoms with E-state index in [1.807, 2.05) is 26.0 Å². The molecule has 0 spiro atoms. The molecule has 1 aliphatic rings. The van der Waals surface area contributed by atoms with Crippen LogP contribution < -0.4 is 20.3 Å². The van der Waals surface area contributed by atoms with E-state index in [1.54, 1.807) is 48.4 Å². The summed E-state index contributed by atoms with van der Waals surface area (Å²) in [4.78, 5) is 38.9. The first-order valence-electron chi connectivity index (χ1n) is 9.06. The summed E-state index contributed by atoms with van der Waals surface area (Å²) in [6.07, 6.45) is 0. The third kappa shape index (κ3) is 3.83. The molecule has 1 atom stereocenters. The summed E-state index contributed by atoms with van der Waals surface area (Å²) in [5.74, 6) is -1.16. The van der Waals surface area contributed by atoms with E-state index in [0.717, 1.165) is 11.3 Å². The zero-order valence-electron chi connectivity index (χ0n) is 16.1. The molecule has 7 nitrogen and oxygen atoms in total. The molecule has 2 aromatic carbocycles. The zero-order chi connectivity index (χ0) is 20.3. The van der Waals surface area contributed by atoms with Gasteiger partial charge in [-0.1, -0.05) is 30.3 Å². The van der Waals surface area contributed by atoms with Crippen molar-refractivity contribution in [1.29, 1.82) is 0 Å². The molecule has 28 heavy (non-hydrogen) atoms. The lowest BCUT2D eigenvalue weighted by atomic mass is 10.1. The molecule has 1 heterocycles. The summed E-state index contributed by atoms with van der Waals surface area (Å²) >= 11 is 0. The average molecular weight is 381 g/mol. The summed E-state index contributed by atoms with van der Waals surface area (Å²) in [5.41, 5.74) is 2.28. The summed E-state index contributed by atoms with van der Waals surface area (Å²) in [6.45, 7) is 4.00. The first kappa shape index (κ1) is 19.4. The van der Waals surface area contributed by atoms with E-state index in [1.165, 1.54) is 0 Å². The Bertz CT molecular complexity index is 893. The molecule has 0 fully saturated rings. The zero-order valence-corrected chi connectivity index (χ0v) is 16.1. The van der Waals surface area contributed by atoms with Gasteiger partial charge < -0.3 is 20.3 Å². The smallest absolute Gasteiger partial charge is 0.310 e. The van der Waals surface area contributed by atoms with Crippen molar-refractivity contribution in [1.82, 2.24) is 10.6 Å². The maximum atomic E-state index is 12.8. The molecular formula is C21H23N3O4. The second-order valence-electron chi connectivity index (χ2n) is 6.80. The number of methoxy groups -OCH3 is 1. The van der Waals surface area contributed by atoms with Crippen molar-refractivity contribution in [3.05, 3.63) is 59.7 Å². The van der Waals surface area contributed by atoms with Crippen LogP contribution in [0.1, 0.15) is 31.0 Å². The fourth-order valence-electron chi connectivity index (χ4n) is 3.22. The van der Waals surface area contributed by atoms with E-state index in [0.29, 0.717) is 11.3 Å². The minimum absolute atomic E-state index is 0.0561. The topological polar surface area (TPSA) is 87.7 Å². The van der Waals surface area contributed by atoms with E-state index in [9.17, 15) is 14.4 Å². The third-order valence-electron chi connectivity index (χ3n) is 4.60. The minimum atomic E-state index is -0.863. The van der Waals surface area contributed by atoms with Gasteiger partial charge in [-0.3, -0.25) is 14.4 Å². The van der Waals surface area contributed by atoms with Crippen LogP contribution in [-0.2, 0) is 20.9 Å². The summed E-state index contributed by atoms with van der Waals surface area (Å²) in [5, 5.41) is 5.13. The molecule has 0 bridgehead atoms. The summed E-state index contributed by atoms with van der Waals surface area (Å²) in [7, 11) is 1.57. The Morgan fingerprint density at radius 1 is 1.07 bits per heavy atom. The molecule has 0 aliphatic carbocycles. The molecule has 0 unspecified atom stereocenters. The number of anilines is 1. The Morgan fingerprint density at radius 3 is 2.39 bits per heavy atom. The number of nitrogens with zero attached hydrogens (tertiary/aromatic N) is 1. The molecule has 0 aromatic heterocycles. The maximum absolute atomic E-state index is 12.8. The summed E-state index contributed by atoms with van der Waals surface area (Å²) < 4.78 is 5.08. The monoisotopic (exact) mass is 381 g/mol. The Labute approximate surface area is 163 Å². The number of carbonyl (C=O) groups is 3. The predicted octanol–water partition coefficient (Wildman–Crippen LogP) is 1.92. The minimum Gasteiger partial charge on any atom is -0.497 e. The molecule has 0 saturated carbocycles. The Kier molecular flexibility index (Phi) is 5.63. The van der Waals surface area contributed by atoms with Gasteiger partial charge >= 0.3 is 11.8 Å². The normalized spacial score (nSPS) is 15.4. The number of fused-ring (bicyclic) bond motifs is 1. The second-order valence-corrected chi connectivity index (χ2v) is 6.80. The van der Waals surface area contributed by atoms with Gasteiger partial charge in [0, 0.05) is 23.8 Å². The van der Waals surface area contributed by atoms with Crippen LogP contribution in [-0.4, -0.2) is 30.9 Å². The quantitative estimate of drug-likeness (QED) is 0.775. The number of nitrogens with one attached hydrogen (secondary N) is 2. The van der Waals surface area contributed by atoms with Crippen molar-refractivity contribution in [3.8, 4) is 5.75 Å². The van der Waals surface area contributed by atoms with Gasteiger partial charge in [0.15, 0.2) is 0 Å². The van der Waals surface area contributed by atoms with Gasteiger partial charge in [0.05, 0.1) is 7.11 Å². The third-order valence-corrected chi connectivity index (χ3v) is 4.60. The van der Waals surface area contributed by atoms with Crippen LogP contribution in [0.2, 0.25) is 0 Å². The van der Waals surface area contributed by atoms with Crippen LogP contribution in [0.5, 0.6) is 5.75 Å². The van der Waals surface area contributed by atoms with Gasteiger partial charge in [-0.25, -0.2) is 0 Å². The van der Waals surface area contributed by atoms with Crippen LogP contribution >= 0.6 is 0 Å². The number of amides is 3. The Morgan fingerprint density at radius 2 is 1.75 bits per heavy atom. The Hall–Kier alpha value is -3.35. The fourth-order valence-corrected chi connectivity index (χ4v) is 3.22. The highest BCUT2D eigenvalue weighted by atomic mass is 16.5. The van der Waals surface area contributed by atoms with Gasteiger partial charge in [0.2, 0.25) is 0 Å². The lowest BCUT2D eigenvalue weighted by molar-refractivity contribution is -0.140. The average Bonchev–Trinajstić information content (AvgIpc) is 2.98.